The van der Waals surface area contributed by atoms with E-state index in [1.54, 1.807) is 11.3 Å². The van der Waals surface area contributed by atoms with E-state index in [9.17, 15) is 0 Å². The number of thiophene rings is 1. The molecule has 1 aromatic rings. The highest BCUT2D eigenvalue weighted by atomic mass is 32.1. The smallest absolute Gasteiger partial charge is 0.0325 e. The van der Waals surface area contributed by atoms with Crippen LogP contribution in [0.4, 0.5) is 0 Å². The van der Waals surface area contributed by atoms with Crippen LogP contribution < -0.4 is 5.73 Å². The van der Waals surface area contributed by atoms with E-state index >= 15 is 0 Å². The van der Waals surface area contributed by atoms with Gasteiger partial charge in [0.1, 0.15) is 0 Å². The maximum absolute atomic E-state index is 5.75. The van der Waals surface area contributed by atoms with Gasteiger partial charge in [-0.05, 0) is 48.3 Å². The molecule has 2 N–H and O–H groups in total. The molecular weight excluding hydrogens is 204 g/mol. The van der Waals surface area contributed by atoms with Crippen LogP contribution in [-0.4, -0.2) is 25.0 Å². The largest absolute Gasteiger partial charge is 0.330 e. The second-order valence-corrected chi connectivity index (χ2v) is 5.80. The summed E-state index contributed by atoms with van der Waals surface area (Å²) in [6.45, 7) is 8.43. The molecule has 2 nitrogen and oxygen atoms in total. The fraction of sp³-hybridized carbons (Fsp3) is 0.667. The van der Waals surface area contributed by atoms with Crippen molar-refractivity contribution >= 4 is 11.3 Å². The van der Waals surface area contributed by atoms with Gasteiger partial charge in [0, 0.05) is 12.6 Å². The van der Waals surface area contributed by atoms with Crippen LogP contribution in [0, 0.1) is 5.41 Å². The van der Waals surface area contributed by atoms with Crippen LogP contribution in [0.15, 0.2) is 16.8 Å². The SMILES string of the molecule is CC(c1ccsc1)N(C)CC(C)(C)CN. The van der Waals surface area contributed by atoms with Crippen molar-refractivity contribution in [2.45, 2.75) is 26.8 Å². The molecule has 1 rings (SSSR count). The van der Waals surface area contributed by atoms with Crippen molar-refractivity contribution in [3.8, 4) is 0 Å². The van der Waals surface area contributed by atoms with Crippen molar-refractivity contribution in [1.82, 2.24) is 4.90 Å². The van der Waals surface area contributed by atoms with Gasteiger partial charge in [-0.1, -0.05) is 13.8 Å². The third kappa shape index (κ3) is 3.59. The molecule has 1 heterocycles. The number of nitrogens with zero attached hydrogens (tertiary/aromatic N) is 1. The van der Waals surface area contributed by atoms with E-state index in [4.69, 9.17) is 5.73 Å². The highest BCUT2D eigenvalue weighted by Crippen LogP contribution is 2.24. The van der Waals surface area contributed by atoms with Gasteiger partial charge in [0.25, 0.3) is 0 Å². The summed E-state index contributed by atoms with van der Waals surface area (Å²) in [5.74, 6) is 0. The summed E-state index contributed by atoms with van der Waals surface area (Å²) in [4.78, 5) is 2.37. The molecule has 1 atom stereocenters. The molecule has 0 aliphatic heterocycles. The first-order valence-corrected chi connectivity index (χ1v) is 6.33. The van der Waals surface area contributed by atoms with Crippen LogP contribution in [0.25, 0.3) is 0 Å². The van der Waals surface area contributed by atoms with Crippen molar-refractivity contribution in [3.63, 3.8) is 0 Å². The van der Waals surface area contributed by atoms with Crippen LogP contribution in [-0.2, 0) is 0 Å². The van der Waals surface area contributed by atoms with Crippen molar-refractivity contribution in [2.75, 3.05) is 20.1 Å². The van der Waals surface area contributed by atoms with Crippen molar-refractivity contribution < 1.29 is 0 Å². The Labute approximate surface area is 97.1 Å². The third-order valence-electron chi connectivity index (χ3n) is 2.92. The fourth-order valence-corrected chi connectivity index (χ4v) is 2.39. The minimum absolute atomic E-state index is 0.193. The predicted molar refractivity (Wildman–Crippen MR) is 68.2 cm³/mol. The first kappa shape index (κ1) is 12.7. The molecule has 0 saturated carbocycles. The summed E-state index contributed by atoms with van der Waals surface area (Å²) >= 11 is 1.76. The van der Waals surface area contributed by atoms with Crippen molar-refractivity contribution in [3.05, 3.63) is 22.4 Å². The summed E-state index contributed by atoms with van der Waals surface area (Å²) in [7, 11) is 2.17. The lowest BCUT2D eigenvalue weighted by Gasteiger charge is -2.32. The predicted octanol–water partition coefficient (Wildman–Crippen LogP) is 2.73. The lowest BCUT2D eigenvalue weighted by atomic mass is 9.92. The van der Waals surface area contributed by atoms with E-state index in [1.807, 2.05) is 0 Å². The third-order valence-corrected chi connectivity index (χ3v) is 3.62. The highest BCUT2D eigenvalue weighted by Gasteiger charge is 2.21. The molecule has 15 heavy (non-hydrogen) atoms. The molecule has 1 aromatic heterocycles. The molecule has 0 amide bonds. The Balaban J connectivity index is 2.58. The minimum Gasteiger partial charge on any atom is -0.330 e. The Morgan fingerprint density at radius 2 is 2.20 bits per heavy atom. The van der Waals surface area contributed by atoms with Gasteiger partial charge in [-0.25, -0.2) is 0 Å². The lowest BCUT2D eigenvalue weighted by Crippen LogP contribution is -2.37. The lowest BCUT2D eigenvalue weighted by molar-refractivity contribution is 0.174. The standard InChI is InChI=1S/C12H22N2S/c1-10(11-5-6-15-7-11)14(4)9-12(2,3)8-13/h5-7,10H,8-9,13H2,1-4H3. The monoisotopic (exact) mass is 226 g/mol. The molecule has 0 spiro atoms. The minimum atomic E-state index is 0.193. The van der Waals surface area contributed by atoms with E-state index in [0.717, 1.165) is 13.1 Å². The Hall–Kier alpha value is -0.380. The quantitative estimate of drug-likeness (QED) is 0.836. The zero-order valence-corrected chi connectivity index (χ0v) is 11.0. The normalized spacial score (nSPS) is 14.5. The van der Waals surface area contributed by atoms with Gasteiger partial charge in [-0.2, -0.15) is 11.3 Å². The van der Waals surface area contributed by atoms with Crippen LogP contribution in [0.1, 0.15) is 32.4 Å². The Bertz CT molecular complexity index is 280. The van der Waals surface area contributed by atoms with Crippen molar-refractivity contribution in [1.29, 1.82) is 0 Å². The van der Waals surface area contributed by atoms with E-state index in [2.05, 4.69) is 49.5 Å². The molecular formula is C12H22N2S. The first-order chi connectivity index (χ1) is 6.96. The molecule has 0 saturated heterocycles. The van der Waals surface area contributed by atoms with Gasteiger partial charge in [0.05, 0.1) is 0 Å². The van der Waals surface area contributed by atoms with Crippen LogP contribution in [0.3, 0.4) is 0 Å². The summed E-state index contributed by atoms with van der Waals surface area (Å²) in [5, 5.41) is 4.35. The maximum Gasteiger partial charge on any atom is 0.0325 e. The fourth-order valence-electron chi connectivity index (χ4n) is 1.64. The van der Waals surface area contributed by atoms with E-state index in [0.29, 0.717) is 6.04 Å². The van der Waals surface area contributed by atoms with E-state index < -0.39 is 0 Å². The van der Waals surface area contributed by atoms with Crippen LogP contribution in [0.2, 0.25) is 0 Å². The molecule has 0 fully saturated rings. The van der Waals surface area contributed by atoms with Gasteiger partial charge in [0.15, 0.2) is 0 Å². The highest BCUT2D eigenvalue weighted by molar-refractivity contribution is 7.07. The molecule has 1 unspecified atom stereocenters. The second-order valence-electron chi connectivity index (χ2n) is 5.02. The molecule has 0 aromatic carbocycles. The number of rotatable bonds is 5. The Kier molecular flexibility index (Phi) is 4.32. The van der Waals surface area contributed by atoms with Gasteiger partial charge in [-0.15, -0.1) is 0 Å². The zero-order chi connectivity index (χ0) is 11.5. The van der Waals surface area contributed by atoms with E-state index in [1.165, 1.54) is 5.56 Å². The van der Waals surface area contributed by atoms with Crippen LogP contribution in [0.5, 0.6) is 0 Å². The zero-order valence-electron chi connectivity index (χ0n) is 10.2. The molecule has 86 valence electrons. The summed E-state index contributed by atoms with van der Waals surface area (Å²) < 4.78 is 0. The second kappa shape index (κ2) is 5.10. The molecule has 0 aliphatic rings. The average molecular weight is 226 g/mol. The Morgan fingerprint density at radius 3 is 2.67 bits per heavy atom. The van der Waals surface area contributed by atoms with Gasteiger partial charge >= 0.3 is 0 Å². The number of hydrogen-bond acceptors (Lipinski definition) is 3. The van der Waals surface area contributed by atoms with E-state index in [-0.39, 0.29) is 5.41 Å². The van der Waals surface area contributed by atoms with Gasteiger partial charge in [-0.3, -0.25) is 4.90 Å². The van der Waals surface area contributed by atoms with Crippen molar-refractivity contribution in [2.24, 2.45) is 11.1 Å². The topological polar surface area (TPSA) is 29.3 Å². The summed E-state index contributed by atoms with van der Waals surface area (Å²) in [6, 6.07) is 2.67. The average Bonchev–Trinajstić information content (AvgIpc) is 2.68. The number of nitrogens with two attached hydrogens (primary N) is 1. The number of hydrogen-bond donors (Lipinski definition) is 1. The summed E-state index contributed by atoms with van der Waals surface area (Å²) in [5.41, 5.74) is 7.34. The van der Waals surface area contributed by atoms with Crippen LogP contribution >= 0.6 is 11.3 Å². The molecule has 3 heteroatoms. The molecule has 0 bridgehead atoms. The maximum atomic E-state index is 5.75. The first-order valence-electron chi connectivity index (χ1n) is 5.39. The molecule has 0 aliphatic carbocycles. The molecule has 0 radical (unpaired) electrons. The van der Waals surface area contributed by atoms with Gasteiger partial charge < -0.3 is 5.73 Å². The Morgan fingerprint density at radius 1 is 1.53 bits per heavy atom. The summed E-state index contributed by atoms with van der Waals surface area (Å²) in [6.07, 6.45) is 0. The van der Waals surface area contributed by atoms with Gasteiger partial charge in [0.2, 0.25) is 0 Å².